The normalized spacial score (nSPS) is 23.2. The smallest absolute Gasteiger partial charge is 0.449 e. The quantitative estimate of drug-likeness (QED) is 0.789. The molecule has 3 N–H and O–H groups in total. The molecule has 142 valence electrons. The Balaban J connectivity index is 1.65. The molecule has 1 atom stereocenters. The number of aromatic nitrogens is 2. The molecule has 1 saturated heterocycles. The van der Waals surface area contributed by atoms with Crippen molar-refractivity contribution in [2.45, 2.75) is 37.8 Å². The number of fused-ring (bicyclic) bond motifs is 1. The van der Waals surface area contributed by atoms with E-state index in [-0.39, 0.29) is 34.5 Å². The molecule has 1 aliphatic heterocycles. The average molecular weight is 374 g/mol. The van der Waals surface area contributed by atoms with E-state index in [1.807, 2.05) is 4.90 Å². The Morgan fingerprint density at radius 3 is 2.74 bits per heavy atom. The van der Waals surface area contributed by atoms with Crippen molar-refractivity contribution in [1.29, 1.82) is 0 Å². The lowest BCUT2D eigenvalue weighted by Gasteiger charge is -2.20. The van der Waals surface area contributed by atoms with Crippen molar-refractivity contribution in [3.63, 3.8) is 0 Å². The molecule has 27 heavy (non-hydrogen) atoms. The van der Waals surface area contributed by atoms with Crippen LogP contribution in [0.4, 0.5) is 15.0 Å². The van der Waals surface area contributed by atoms with Crippen LogP contribution in [0.1, 0.15) is 31.7 Å². The lowest BCUT2D eigenvalue weighted by atomic mass is 10.0. The van der Waals surface area contributed by atoms with Gasteiger partial charge in [0.1, 0.15) is 5.65 Å². The monoisotopic (exact) mass is 374 g/mol. The molecule has 1 spiro atoms. The summed E-state index contributed by atoms with van der Waals surface area (Å²) < 4.78 is 21.2. The lowest BCUT2D eigenvalue weighted by molar-refractivity contribution is 0.143. The molecule has 0 aromatic carbocycles. The van der Waals surface area contributed by atoms with Gasteiger partial charge in [0.25, 0.3) is 0 Å². The highest BCUT2D eigenvalue weighted by molar-refractivity contribution is 5.80. The van der Waals surface area contributed by atoms with E-state index in [0.29, 0.717) is 18.7 Å². The van der Waals surface area contributed by atoms with Gasteiger partial charge in [-0.1, -0.05) is 0 Å². The van der Waals surface area contributed by atoms with E-state index in [4.69, 9.17) is 10.8 Å². The molecule has 0 amide bonds. The van der Waals surface area contributed by atoms with Gasteiger partial charge in [0, 0.05) is 30.6 Å². The molecule has 2 aromatic rings. The van der Waals surface area contributed by atoms with Gasteiger partial charge in [0.2, 0.25) is 5.43 Å². The van der Waals surface area contributed by atoms with Crippen LogP contribution in [0.25, 0.3) is 11.0 Å². The fourth-order valence-corrected chi connectivity index (χ4v) is 4.08. The fourth-order valence-electron chi connectivity index (χ4n) is 4.08. The third-order valence-electron chi connectivity index (χ3n) is 5.95. The van der Waals surface area contributed by atoms with Crippen LogP contribution in [0, 0.1) is 11.2 Å². The first kappa shape index (κ1) is 16.5. The zero-order valence-corrected chi connectivity index (χ0v) is 14.5. The van der Waals surface area contributed by atoms with E-state index in [1.54, 1.807) is 4.57 Å². The molecule has 3 fully saturated rings. The second-order valence-corrected chi connectivity index (χ2v) is 7.84. The number of pyridine rings is 2. The second-order valence-electron chi connectivity index (χ2n) is 7.84. The second kappa shape index (κ2) is 5.41. The van der Waals surface area contributed by atoms with Gasteiger partial charge in [-0.25, -0.2) is 14.2 Å². The van der Waals surface area contributed by atoms with E-state index in [1.165, 1.54) is 6.20 Å². The number of nitrogens with two attached hydrogens (primary N) is 1. The summed E-state index contributed by atoms with van der Waals surface area (Å²) >= 11 is 0. The highest BCUT2D eigenvalue weighted by Gasteiger charge is 2.54. The predicted octanol–water partition coefficient (Wildman–Crippen LogP) is 1.85. The molecule has 2 aliphatic carbocycles. The number of carbonyl (C=O) groups is 1. The van der Waals surface area contributed by atoms with E-state index in [2.05, 4.69) is 9.72 Å². The van der Waals surface area contributed by atoms with E-state index < -0.39 is 17.4 Å². The van der Waals surface area contributed by atoms with Crippen molar-refractivity contribution >= 4 is 23.0 Å². The van der Waals surface area contributed by atoms with E-state index >= 15 is 0 Å². The van der Waals surface area contributed by atoms with E-state index in [9.17, 15) is 14.0 Å². The number of nitrogens with zero attached hydrogens (tertiary/aromatic N) is 3. The van der Waals surface area contributed by atoms with Gasteiger partial charge in [-0.2, -0.15) is 0 Å². The topological polar surface area (TPSA) is 111 Å². The Labute approximate surface area is 153 Å². The molecule has 5 rings (SSSR count). The number of halogens is 1. The maximum atomic E-state index is 14.8. The van der Waals surface area contributed by atoms with Gasteiger partial charge < -0.3 is 25.0 Å². The highest BCUT2D eigenvalue weighted by atomic mass is 19.1. The molecule has 8 nitrogen and oxygen atoms in total. The van der Waals surface area contributed by atoms with Crippen LogP contribution in [0.2, 0.25) is 0 Å². The highest BCUT2D eigenvalue weighted by Crippen LogP contribution is 2.52. The van der Waals surface area contributed by atoms with Crippen LogP contribution < -0.4 is 20.8 Å². The van der Waals surface area contributed by atoms with Gasteiger partial charge in [-0.15, -0.1) is 0 Å². The Morgan fingerprint density at radius 2 is 2.15 bits per heavy atom. The fraction of sp³-hybridized carbons (Fsp3) is 0.500. The Bertz CT molecular complexity index is 1030. The minimum absolute atomic E-state index is 0.00800. The van der Waals surface area contributed by atoms with Gasteiger partial charge in [-0.3, -0.25) is 4.79 Å². The van der Waals surface area contributed by atoms with Crippen LogP contribution >= 0.6 is 0 Å². The Kier molecular flexibility index (Phi) is 3.31. The van der Waals surface area contributed by atoms with Gasteiger partial charge in [0.15, 0.2) is 17.4 Å². The average Bonchev–Trinajstić information content (AvgIpc) is 3.50. The molecule has 9 heteroatoms. The standard InChI is InChI=1S/C18H19FN4O4/c19-11-5-10-14(24)12(27-17(25)26)6-23(9-1-2-9)15(10)21-16(11)22-7-13(20)18(8-22)3-4-18/h5-6,9,13H,1-4,7-8,20H2,(H,25,26). The Morgan fingerprint density at radius 1 is 1.41 bits per heavy atom. The molecule has 0 bridgehead atoms. The van der Waals surface area contributed by atoms with Crippen molar-refractivity contribution in [3.8, 4) is 5.75 Å². The molecule has 2 aromatic heterocycles. The first-order valence-electron chi connectivity index (χ1n) is 9.05. The minimum Gasteiger partial charge on any atom is -0.449 e. The van der Waals surface area contributed by atoms with Gasteiger partial charge in [0.05, 0.1) is 11.6 Å². The third kappa shape index (κ3) is 2.56. The van der Waals surface area contributed by atoms with Crippen molar-refractivity contribution in [1.82, 2.24) is 9.55 Å². The van der Waals surface area contributed by atoms with Crippen LogP contribution in [0.15, 0.2) is 17.1 Å². The summed E-state index contributed by atoms with van der Waals surface area (Å²) in [6.07, 6.45) is 3.64. The van der Waals surface area contributed by atoms with Gasteiger partial charge >= 0.3 is 6.16 Å². The van der Waals surface area contributed by atoms with Crippen LogP contribution in [0.5, 0.6) is 5.75 Å². The predicted molar refractivity (Wildman–Crippen MR) is 94.7 cm³/mol. The molecule has 2 saturated carbocycles. The molecular weight excluding hydrogens is 355 g/mol. The Hall–Kier alpha value is -2.68. The summed E-state index contributed by atoms with van der Waals surface area (Å²) in [7, 11) is 0. The zero-order valence-electron chi connectivity index (χ0n) is 14.5. The van der Waals surface area contributed by atoms with Crippen molar-refractivity contribution < 1.29 is 19.0 Å². The van der Waals surface area contributed by atoms with Crippen LogP contribution in [-0.4, -0.2) is 39.9 Å². The molecule has 3 heterocycles. The number of hydrogen-bond donors (Lipinski definition) is 2. The summed E-state index contributed by atoms with van der Waals surface area (Å²) in [6.45, 7) is 1.20. The summed E-state index contributed by atoms with van der Waals surface area (Å²) in [5, 5.41) is 8.87. The minimum atomic E-state index is -1.58. The largest absolute Gasteiger partial charge is 0.511 e. The maximum Gasteiger partial charge on any atom is 0.511 e. The van der Waals surface area contributed by atoms with Crippen LogP contribution in [-0.2, 0) is 0 Å². The molecular formula is C18H19FN4O4. The van der Waals surface area contributed by atoms with Crippen molar-refractivity contribution in [2.24, 2.45) is 11.1 Å². The number of ether oxygens (including phenoxy) is 1. The number of hydrogen-bond acceptors (Lipinski definition) is 6. The third-order valence-corrected chi connectivity index (χ3v) is 5.95. The first-order chi connectivity index (χ1) is 12.9. The summed E-state index contributed by atoms with van der Waals surface area (Å²) in [4.78, 5) is 29.8. The summed E-state index contributed by atoms with van der Waals surface area (Å²) in [6, 6.07) is 1.23. The number of rotatable bonds is 3. The molecule has 3 aliphatic rings. The molecule has 0 radical (unpaired) electrons. The maximum absolute atomic E-state index is 14.8. The van der Waals surface area contributed by atoms with E-state index in [0.717, 1.165) is 31.7 Å². The SMILES string of the molecule is NC1CN(c2nc3c(cc2F)c(=O)c(OC(=O)O)cn3C2CC2)CC12CC2. The summed E-state index contributed by atoms with van der Waals surface area (Å²) in [5.41, 5.74) is 5.96. The number of carboxylic acid groups (broad SMARTS) is 1. The van der Waals surface area contributed by atoms with Gasteiger partial charge in [-0.05, 0) is 31.7 Å². The lowest BCUT2D eigenvalue weighted by Crippen LogP contribution is -2.30. The number of anilines is 1. The van der Waals surface area contributed by atoms with Crippen molar-refractivity contribution in [2.75, 3.05) is 18.0 Å². The molecule has 1 unspecified atom stereocenters. The summed E-state index contributed by atoms with van der Waals surface area (Å²) in [5.74, 6) is -0.752. The van der Waals surface area contributed by atoms with Crippen molar-refractivity contribution in [3.05, 3.63) is 28.3 Å². The van der Waals surface area contributed by atoms with Crippen LogP contribution in [0.3, 0.4) is 0 Å². The first-order valence-corrected chi connectivity index (χ1v) is 9.05. The zero-order chi connectivity index (χ0) is 18.9.